The molecule has 0 spiro atoms. The second kappa shape index (κ2) is 12.0. The lowest BCUT2D eigenvalue weighted by molar-refractivity contribution is -0.120. The maximum absolute atomic E-state index is 13.9. The molecule has 0 saturated heterocycles. The Kier molecular flexibility index (Phi) is 8.27. The number of nitrogens with zero attached hydrogens (tertiary/aromatic N) is 2. The molecule has 7 nitrogen and oxygen atoms in total. The van der Waals surface area contributed by atoms with Crippen LogP contribution in [-0.2, 0) is 24.1 Å². The normalized spacial score (nSPS) is 16.3. The highest BCUT2D eigenvalue weighted by Crippen LogP contribution is 2.39. The van der Waals surface area contributed by atoms with Gasteiger partial charge in [0.2, 0.25) is 5.91 Å². The van der Waals surface area contributed by atoms with Crippen molar-refractivity contribution in [2.24, 2.45) is 0 Å². The average molecular weight is 531 g/mol. The molecule has 1 aliphatic carbocycles. The summed E-state index contributed by atoms with van der Waals surface area (Å²) in [7, 11) is 6.61. The predicted molar refractivity (Wildman–Crippen MR) is 153 cm³/mol. The second-order valence-electron chi connectivity index (χ2n) is 10.2. The molecule has 5 rings (SSSR count). The van der Waals surface area contributed by atoms with Crippen LogP contribution in [0, 0.1) is 0 Å². The Morgan fingerprint density at radius 3 is 2.03 bits per heavy atom. The van der Waals surface area contributed by atoms with Crippen LogP contribution in [0.4, 0.5) is 5.69 Å². The van der Waals surface area contributed by atoms with Gasteiger partial charge in [0.25, 0.3) is 0 Å². The number of fused-ring (bicyclic) bond motifs is 2. The van der Waals surface area contributed by atoms with E-state index in [0.29, 0.717) is 18.0 Å². The van der Waals surface area contributed by atoms with Crippen LogP contribution < -0.4 is 23.8 Å². The summed E-state index contributed by atoms with van der Waals surface area (Å²) in [5.41, 5.74) is 5.89. The number of amides is 1. The fourth-order valence-electron chi connectivity index (χ4n) is 5.80. The van der Waals surface area contributed by atoms with Crippen LogP contribution in [0.5, 0.6) is 23.0 Å². The molecule has 39 heavy (non-hydrogen) atoms. The molecule has 0 N–H and O–H groups in total. The SMILES string of the molecule is COc1ccc(N(CCCN2CCc3cc(OC)c(OC)cc3CC2)C(=O)C2Cc3ccccc32)cc1OC. The smallest absolute Gasteiger partial charge is 0.234 e. The van der Waals surface area contributed by atoms with Crippen LogP contribution >= 0.6 is 0 Å². The molecule has 3 aromatic carbocycles. The minimum absolute atomic E-state index is 0.105. The fraction of sp³-hybridized carbons (Fsp3) is 0.406. The Morgan fingerprint density at radius 1 is 0.795 bits per heavy atom. The van der Waals surface area contributed by atoms with Crippen molar-refractivity contribution in [1.29, 1.82) is 0 Å². The van der Waals surface area contributed by atoms with Gasteiger partial charge in [0.05, 0.1) is 34.4 Å². The van der Waals surface area contributed by atoms with E-state index in [4.69, 9.17) is 18.9 Å². The number of rotatable bonds is 10. The summed E-state index contributed by atoms with van der Waals surface area (Å²) in [5, 5.41) is 0. The number of benzene rings is 3. The number of carbonyl (C=O) groups excluding carboxylic acids is 1. The summed E-state index contributed by atoms with van der Waals surface area (Å²) in [4.78, 5) is 18.3. The van der Waals surface area contributed by atoms with Crippen molar-refractivity contribution in [2.45, 2.75) is 31.6 Å². The second-order valence-corrected chi connectivity index (χ2v) is 10.2. The fourth-order valence-corrected chi connectivity index (χ4v) is 5.80. The third kappa shape index (κ3) is 5.55. The zero-order valence-electron chi connectivity index (χ0n) is 23.4. The number of ether oxygens (including phenoxy) is 4. The molecule has 206 valence electrons. The number of methoxy groups -OCH3 is 4. The first-order chi connectivity index (χ1) is 19.1. The largest absolute Gasteiger partial charge is 0.493 e. The molecule has 0 radical (unpaired) electrons. The van der Waals surface area contributed by atoms with Gasteiger partial charge in [-0.25, -0.2) is 0 Å². The third-order valence-corrected chi connectivity index (χ3v) is 8.05. The van der Waals surface area contributed by atoms with E-state index in [-0.39, 0.29) is 11.8 Å². The predicted octanol–water partition coefficient (Wildman–Crippen LogP) is 4.88. The topological polar surface area (TPSA) is 60.5 Å². The average Bonchev–Trinajstić information content (AvgIpc) is 3.16. The van der Waals surface area contributed by atoms with Gasteiger partial charge in [0.15, 0.2) is 23.0 Å². The zero-order chi connectivity index (χ0) is 27.4. The lowest BCUT2D eigenvalue weighted by atomic mass is 9.76. The van der Waals surface area contributed by atoms with E-state index in [1.807, 2.05) is 35.2 Å². The number of hydrogen-bond donors (Lipinski definition) is 0. The molecule has 3 aromatic rings. The molecule has 0 bridgehead atoms. The molecule has 2 aliphatic rings. The standard InChI is InChI=1S/C32H38N2O5/c1-36-28-11-10-25(21-31(28)39-4)34(32(35)27-18-24-8-5-6-9-26(24)27)15-7-14-33-16-12-22-19-29(37-2)30(38-3)20-23(22)13-17-33/h5-6,8-11,19-21,27H,7,12-18H2,1-4H3. The number of hydrogen-bond acceptors (Lipinski definition) is 6. The van der Waals surface area contributed by atoms with Crippen molar-refractivity contribution in [3.8, 4) is 23.0 Å². The first kappa shape index (κ1) is 26.9. The summed E-state index contributed by atoms with van der Waals surface area (Å²) in [5.74, 6) is 2.88. The van der Waals surface area contributed by atoms with Gasteiger partial charge in [0, 0.05) is 31.4 Å². The van der Waals surface area contributed by atoms with Crippen LogP contribution in [0.15, 0.2) is 54.6 Å². The van der Waals surface area contributed by atoms with Crippen molar-refractivity contribution in [3.63, 3.8) is 0 Å². The lowest BCUT2D eigenvalue weighted by Crippen LogP contribution is -2.41. The molecule has 0 fully saturated rings. The first-order valence-corrected chi connectivity index (χ1v) is 13.6. The van der Waals surface area contributed by atoms with Gasteiger partial charge in [-0.2, -0.15) is 0 Å². The van der Waals surface area contributed by atoms with Crippen molar-refractivity contribution in [1.82, 2.24) is 4.90 Å². The van der Waals surface area contributed by atoms with E-state index in [0.717, 1.165) is 68.1 Å². The lowest BCUT2D eigenvalue weighted by Gasteiger charge is -2.34. The van der Waals surface area contributed by atoms with Gasteiger partial charge in [0.1, 0.15) is 0 Å². The highest BCUT2D eigenvalue weighted by atomic mass is 16.5. The molecule has 7 heteroatoms. The molecule has 0 saturated carbocycles. The first-order valence-electron chi connectivity index (χ1n) is 13.6. The third-order valence-electron chi connectivity index (χ3n) is 8.05. The molecule has 1 aliphatic heterocycles. The van der Waals surface area contributed by atoms with Gasteiger partial charge in [-0.05, 0) is 78.7 Å². The van der Waals surface area contributed by atoms with Gasteiger partial charge in [-0.1, -0.05) is 24.3 Å². The highest BCUT2D eigenvalue weighted by Gasteiger charge is 2.35. The molecule has 1 heterocycles. The Balaban J connectivity index is 1.28. The minimum Gasteiger partial charge on any atom is -0.493 e. The summed E-state index contributed by atoms with van der Waals surface area (Å²) in [6.45, 7) is 3.50. The van der Waals surface area contributed by atoms with Crippen LogP contribution in [0.1, 0.15) is 34.6 Å². The van der Waals surface area contributed by atoms with Crippen LogP contribution in [-0.4, -0.2) is 65.4 Å². The summed E-state index contributed by atoms with van der Waals surface area (Å²) < 4.78 is 22.0. The van der Waals surface area contributed by atoms with Gasteiger partial charge in [-0.15, -0.1) is 0 Å². The van der Waals surface area contributed by atoms with Crippen LogP contribution in [0.3, 0.4) is 0 Å². The van der Waals surface area contributed by atoms with Crippen molar-refractivity contribution < 1.29 is 23.7 Å². The molecular weight excluding hydrogens is 492 g/mol. The van der Waals surface area contributed by atoms with Crippen molar-refractivity contribution in [3.05, 3.63) is 76.9 Å². The molecule has 1 unspecified atom stereocenters. The van der Waals surface area contributed by atoms with E-state index >= 15 is 0 Å². The Labute approximate surface area is 231 Å². The van der Waals surface area contributed by atoms with Crippen molar-refractivity contribution >= 4 is 11.6 Å². The Morgan fingerprint density at radius 2 is 1.41 bits per heavy atom. The zero-order valence-corrected chi connectivity index (χ0v) is 23.4. The summed E-state index contributed by atoms with van der Waals surface area (Å²) in [6, 6.07) is 18.2. The van der Waals surface area contributed by atoms with Crippen LogP contribution in [0.25, 0.3) is 0 Å². The monoisotopic (exact) mass is 530 g/mol. The van der Waals surface area contributed by atoms with E-state index < -0.39 is 0 Å². The van der Waals surface area contributed by atoms with Gasteiger partial charge < -0.3 is 28.7 Å². The maximum Gasteiger partial charge on any atom is 0.234 e. The maximum atomic E-state index is 13.9. The summed E-state index contributed by atoms with van der Waals surface area (Å²) >= 11 is 0. The molecule has 1 amide bonds. The molecule has 1 atom stereocenters. The quantitative estimate of drug-likeness (QED) is 0.372. The molecular formula is C32H38N2O5. The van der Waals surface area contributed by atoms with Gasteiger partial charge >= 0.3 is 0 Å². The van der Waals surface area contributed by atoms with E-state index in [1.165, 1.54) is 16.7 Å². The van der Waals surface area contributed by atoms with E-state index in [2.05, 4.69) is 29.2 Å². The summed E-state index contributed by atoms with van der Waals surface area (Å²) in [6.07, 6.45) is 3.59. The Hall–Kier alpha value is -3.71. The van der Waals surface area contributed by atoms with Gasteiger partial charge in [-0.3, -0.25) is 4.79 Å². The number of carbonyl (C=O) groups is 1. The molecule has 0 aromatic heterocycles. The number of anilines is 1. The van der Waals surface area contributed by atoms with E-state index in [9.17, 15) is 4.79 Å². The Bertz CT molecular complexity index is 1290. The van der Waals surface area contributed by atoms with Crippen molar-refractivity contribution in [2.75, 3.05) is 59.5 Å². The minimum atomic E-state index is -0.105. The van der Waals surface area contributed by atoms with Crippen LogP contribution in [0.2, 0.25) is 0 Å². The van der Waals surface area contributed by atoms with E-state index in [1.54, 1.807) is 28.4 Å². The highest BCUT2D eigenvalue weighted by molar-refractivity contribution is 6.00.